The predicted octanol–water partition coefficient (Wildman–Crippen LogP) is 3.36. The molecular weight excluding hydrogens is 379 g/mol. The molecule has 0 aliphatic rings. The Morgan fingerprint density at radius 1 is 0.897 bits per heavy atom. The Hall–Kier alpha value is -4.01. The zero-order valence-electron chi connectivity index (χ0n) is 15.1. The maximum atomic E-state index is 14.1. The van der Waals surface area contributed by atoms with Crippen LogP contribution < -0.4 is 10.6 Å². The molecule has 0 aliphatic heterocycles. The Bertz CT molecular complexity index is 1060. The van der Waals surface area contributed by atoms with E-state index < -0.39 is 17.8 Å². The molecule has 0 bridgehead atoms. The minimum Gasteiger partial charge on any atom is -0.481 e. The maximum Gasteiger partial charge on any atom is 0.307 e. The van der Waals surface area contributed by atoms with E-state index in [0.29, 0.717) is 22.5 Å². The van der Waals surface area contributed by atoms with Gasteiger partial charge < -0.3 is 20.8 Å². The fourth-order valence-corrected chi connectivity index (χ4v) is 2.65. The van der Waals surface area contributed by atoms with Crippen LogP contribution in [0.4, 0.5) is 27.5 Å². The third kappa shape index (κ3) is 5.73. The summed E-state index contributed by atoms with van der Waals surface area (Å²) in [6.45, 7) is 0. The van der Waals surface area contributed by atoms with Gasteiger partial charge in [-0.15, -0.1) is 0 Å². The molecule has 1 heterocycles. The highest BCUT2D eigenvalue weighted by Crippen LogP contribution is 2.22. The Morgan fingerprint density at radius 2 is 1.45 bits per heavy atom. The average Bonchev–Trinajstić information content (AvgIpc) is 2.64. The molecule has 0 fully saturated rings. The number of carboxylic acids is 2. The third-order valence-electron chi connectivity index (χ3n) is 3.83. The van der Waals surface area contributed by atoms with E-state index in [-0.39, 0.29) is 24.6 Å². The molecule has 0 atom stereocenters. The summed E-state index contributed by atoms with van der Waals surface area (Å²) in [7, 11) is 0. The van der Waals surface area contributed by atoms with Gasteiger partial charge in [-0.1, -0.05) is 24.3 Å². The number of aliphatic carboxylic acids is 2. The van der Waals surface area contributed by atoms with Gasteiger partial charge >= 0.3 is 11.9 Å². The van der Waals surface area contributed by atoms with Crippen molar-refractivity contribution in [2.24, 2.45) is 0 Å². The molecule has 3 aromatic rings. The number of anilines is 4. The van der Waals surface area contributed by atoms with Crippen LogP contribution >= 0.6 is 0 Å². The molecule has 0 spiro atoms. The standard InChI is InChI=1S/C20H17FN4O4/c21-16-11-22-20(24-15-6-2-4-13(8-15)10-18(28)29)25-19(16)23-14-5-1-3-12(7-14)9-17(26)27/h1-8,11H,9-10H2,(H,26,27)(H,28,29)(H2,22,23,24,25). The number of halogens is 1. The number of rotatable bonds is 8. The van der Waals surface area contributed by atoms with Crippen LogP contribution in [0.5, 0.6) is 0 Å². The normalized spacial score (nSPS) is 10.4. The fourth-order valence-electron chi connectivity index (χ4n) is 2.65. The Morgan fingerprint density at radius 3 is 2.00 bits per heavy atom. The van der Waals surface area contributed by atoms with Crippen LogP contribution in [0.15, 0.2) is 54.7 Å². The van der Waals surface area contributed by atoms with E-state index in [0.717, 1.165) is 6.20 Å². The van der Waals surface area contributed by atoms with Crippen LogP contribution in [-0.2, 0) is 22.4 Å². The Labute approximate surface area is 165 Å². The van der Waals surface area contributed by atoms with E-state index >= 15 is 0 Å². The minimum absolute atomic E-state index is 0.0864. The number of aromatic nitrogens is 2. The first-order valence-corrected chi connectivity index (χ1v) is 8.57. The quantitative estimate of drug-likeness (QED) is 0.457. The van der Waals surface area contributed by atoms with Gasteiger partial charge in [0, 0.05) is 11.4 Å². The van der Waals surface area contributed by atoms with Gasteiger partial charge in [-0.05, 0) is 35.4 Å². The van der Waals surface area contributed by atoms with E-state index in [2.05, 4.69) is 20.6 Å². The molecule has 0 saturated carbocycles. The summed E-state index contributed by atoms with van der Waals surface area (Å²) in [4.78, 5) is 29.7. The van der Waals surface area contributed by atoms with Gasteiger partial charge in [0.05, 0.1) is 19.0 Å². The van der Waals surface area contributed by atoms with Gasteiger partial charge in [-0.3, -0.25) is 9.59 Å². The molecule has 0 saturated heterocycles. The summed E-state index contributed by atoms with van der Waals surface area (Å²) in [5.41, 5.74) is 2.20. The summed E-state index contributed by atoms with van der Waals surface area (Å²) in [5, 5.41) is 23.5. The highest BCUT2D eigenvalue weighted by molar-refractivity contribution is 5.72. The molecular formula is C20H17FN4O4. The average molecular weight is 396 g/mol. The van der Waals surface area contributed by atoms with E-state index in [9.17, 15) is 14.0 Å². The monoisotopic (exact) mass is 396 g/mol. The third-order valence-corrected chi connectivity index (χ3v) is 3.83. The van der Waals surface area contributed by atoms with Crippen molar-refractivity contribution < 1.29 is 24.2 Å². The zero-order chi connectivity index (χ0) is 20.8. The van der Waals surface area contributed by atoms with Gasteiger partial charge in [0.2, 0.25) is 5.95 Å². The molecule has 0 radical (unpaired) electrons. The molecule has 29 heavy (non-hydrogen) atoms. The van der Waals surface area contributed by atoms with Gasteiger partial charge in [0.15, 0.2) is 11.6 Å². The highest BCUT2D eigenvalue weighted by atomic mass is 19.1. The maximum absolute atomic E-state index is 14.1. The lowest BCUT2D eigenvalue weighted by Gasteiger charge is -2.11. The number of hydrogen-bond donors (Lipinski definition) is 4. The number of carboxylic acid groups (broad SMARTS) is 2. The van der Waals surface area contributed by atoms with Crippen LogP contribution in [0.2, 0.25) is 0 Å². The van der Waals surface area contributed by atoms with Crippen molar-refractivity contribution in [2.75, 3.05) is 10.6 Å². The Kier molecular flexibility index (Phi) is 5.98. The van der Waals surface area contributed by atoms with E-state index in [1.165, 1.54) is 0 Å². The SMILES string of the molecule is O=C(O)Cc1cccc(Nc2ncc(F)c(Nc3cccc(CC(=O)O)c3)n2)c1. The van der Waals surface area contributed by atoms with Crippen molar-refractivity contribution in [1.82, 2.24) is 9.97 Å². The molecule has 9 heteroatoms. The second-order valence-electron chi connectivity index (χ2n) is 6.18. The first kappa shape index (κ1) is 19.7. The summed E-state index contributed by atoms with van der Waals surface area (Å²) in [6, 6.07) is 13.3. The minimum atomic E-state index is -0.966. The lowest BCUT2D eigenvalue weighted by atomic mass is 10.1. The van der Waals surface area contributed by atoms with E-state index in [4.69, 9.17) is 10.2 Å². The molecule has 0 amide bonds. The molecule has 4 N–H and O–H groups in total. The van der Waals surface area contributed by atoms with Crippen LogP contribution in [0.3, 0.4) is 0 Å². The molecule has 8 nitrogen and oxygen atoms in total. The van der Waals surface area contributed by atoms with Crippen LogP contribution in [0.1, 0.15) is 11.1 Å². The highest BCUT2D eigenvalue weighted by Gasteiger charge is 2.10. The fraction of sp³-hybridized carbons (Fsp3) is 0.100. The number of nitrogens with zero attached hydrogens (tertiary/aromatic N) is 2. The van der Waals surface area contributed by atoms with Crippen molar-refractivity contribution in [2.45, 2.75) is 12.8 Å². The zero-order valence-corrected chi connectivity index (χ0v) is 15.1. The van der Waals surface area contributed by atoms with E-state index in [1.807, 2.05) is 0 Å². The van der Waals surface area contributed by atoms with Gasteiger partial charge in [0.1, 0.15) is 0 Å². The van der Waals surface area contributed by atoms with Crippen molar-refractivity contribution in [3.8, 4) is 0 Å². The lowest BCUT2D eigenvalue weighted by Crippen LogP contribution is -2.05. The number of benzene rings is 2. The second-order valence-corrected chi connectivity index (χ2v) is 6.18. The van der Waals surface area contributed by atoms with E-state index in [1.54, 1.807) is 48.5 Å². The summed E-state index contributed by atoms with van der Waals surface area (Å²) in [6.07, 6.45) is 0.723. The lowest BCUT2D eigenvalue weighted by molar-refractivity contribution is -0.137. The van der Waals surface area contributed by atoms with Gasteiger partial charge in [-0.2, -0.15) is 4.98 Å². The number of carbonyl (C=O) groups is 2. The molecule has 2 aromatic carbocycles. The molecule has 0 aliphatic carbocycles. The van der Waals surface area contributed by atoms with Crippen LogP contribution in [0.25, 0.3) is 0 Å². The summed E-state index contributed by atoms with van der Waals surface area (Å²) >= 11 is 0. The molecule has 0 unspecified atom stereocenters. The van der Waals surface area contributed by atoms with Gasteiger partial charge in [0.25, 0.3) is 0 Å². The Balaban J connectivity index is 1.78. The van der Waals surface area contributed by atoms with Crippen molar-refractivity contribution in [3.05, 3.63) is 71.7 Å². The van der Waals surface area contributed by atoms with Crippen molar-refractivity contribution in [3.63, 3.8) is 0 Å². The molecule has 3 rings (SSSR count). The van der Waals surface area contributed by atoms with Crippen molar-refractivity contribution >= 4 is 35.1 Å². The van der Waals surface area contributed by atoms with Crippen LogP contribution in [0, 0.1) is 5.82 Å². The second kappa shape index (κ2) is 8.79. The van der Waals surface area contributed by atoms with Gasteiger partial charge in [-0.25, -0.2) is 9.37 Å². The first-order chi connectivity index (χ1) is 13.9. The molecule has 148 valence electrons. The summed E-state index contributed by atoms with van der Waals surface area (Å²) < 4.78 is 14.1. The number of nitrogens with one attached hydrogen (secondary N) is 2. The number of hydrogen-bond acceptors (Lipinski definition) is 6. The largest absolute Gasteiger partial charge is 0.481 e. The van der Waals surface area contributed by atoms with Crippen LogP contribution in [-0.4, -0.2) is 32.1 Å². The first-order valence-electron chi connectivity index (χ1n) is 8.57. The predicted molar refractivity (Wildman–Crippen MR) is 104 cm³/mol. The smallest absolute Gasteiger partial charge is 0.307 e. The summed E-state index contributed by atoms with van der Waals surface area (Å²) in [5.74, 6) is -2.57. The topological polar surface area (TPSA) is 124 Å². The molecule has 1 aromatic heterocycles. The van der Waals surface area contributed by atoms with Crippen molar-refractivity contribution in [1.29, 1.82) is 0 Å².